The lowest BCUT2D eigenvalue weighted by Gasteiger charge is -2.34. The Bertz CT molecular complexity index is 881. The second kappa shape index (κ2) is 8.66. The Balaban J connectivity index is 1.55. The van der Waals surface area contributed by atoms with Crippen molar-refractivity contribution >= 4 is 23.2 Å². The third-order valence-corrected chi connectivity index (χ3v) is 5.77. The molecular weight excluding hydrogens is 366 g/mol. The van der Waals surface area contributed by atoms with Gasteiger partial charge in [0.2, 0.25) is 11.8 Å². The predicted octanol–water partition coefficient (Wildman–Crippen LogP) is 3.60. The predicted molar refractivity (Wildman–Crippen MR) is 113 cm³/mol. The van der Waals surface area contributed by atoms with Crippen molar-refractivity contribution in [2.75, 3.05) is 37.0 Å². The van der Waals surface area contributed by atoms with E-state index >= 15 is 0 Å². The molecule has 1 saturated heterocycles. The van der Waals surface area contributed by atoms with Crippen LogP contribution in [0.4, 0.5) is 11.4 Å². The van der Waals surface area contributed by atoms with Crippen molar-refractivity contribution in [2.24, 2.45) is 0 Å². The Hall–Kier alpha value is -2.86. The quantitative estimate of drug-likeness (QED) is 0.862. The fourth-order valence-corrected chi connectivity index (χ4v) is 4.28. The maximum absolute atomic E-state index is 13.2. The van der Waals surface area contributed by atoms with Gasteiger partial charge in [-0.25, -0.2) is 0 Å². The van der Waals surface area contributed by atoms with Crippen LogP contribution in [0.2, 0.25) is 0 Å². The van der Waals surface area contributed by atoms with E-state index in [1.807, 2.05) is 36.4 Å². The van der Waals surface area contributed by atoms with Crippen LogP contribution in [-0.4, -0.2) is 43.5 Å². The standard InChI is InChI=1S/C23H27N3O3/c1-29-18-12-10-17(11-13-18)20-8-3-2-6-14-25(20)16-23(28)26-15-22(27)24-19-7-4-5-9-21(19)26/h4-5,7,9-13,20H,2-3,6,8,14-16H2,1H3,(H,24,27)/t20-/m1/s1. The van der Waals surface area contributed by atoms with Crippen molar-refractivity contribution in [1.82, 2.24) is 4.90 Å². The number of benzene rings is 2. The average Bonchev–Trinajstić information content (AvgIpc) is 2.98. The van der Waals surface area contributed by atoms with Crippen LogP contribution < -0.4 is 15.0 Å². The van der Waals surface area contributed by atoms with E-state index < -0.39 is 0 Å². The zero-order valence-corrected chi connectivity index (χ0v) is 16.8. The van der Waals surface area contributed by atoms with Crippen LogP contribution in [0.1, 0.15) is 37.3 Å². The number of ether oxygens (including phenoxy) is 1. The fraction of sp³-hybridized carbons (Fsp3) is 0.391. The first-order chi connectivity index (χ1) is 14.2. The van der Waals surface area contributed by atoms with E-state index in [1.165, 1.54) is 12.0 Å². The van der Waals surface area contributed by atoms with Crippen molar-refractivity contribution in [1.29, 1.82) is 0 Å². The Kier molecular flexibility index (Phi) is 5.81. The van der Waals surface area contributed by atoms with E-state index in [-0.39, 0.29) is 24.4 Å². The Labute approximate surface area is 171 Å². The molecule has 2 aliphatic rings. The van der Waals surface area contributed by atoms with Gasteiger partial charge < -0.3 is 10.1 Å². The van der Waals surface area contributed by atoms with Crippen LogP contribution in [0, 0.1) is 0 Å². The largest absolute Gasteiger partial charge is 0.497 e. The molecular formula is C23H27N3O3. The number of likely N-dealkylation sites (tertiary alicyclic amines) is 1. The molecule has 152 valence electrons. The Morgan fingerprint density at radius 2 is 1.90 bits per heavy atom. The number of nitrogens with one attached hydrogen (secondary N) is 1. The second-order valence-electron chi connectivity index (χ2n) is 7.65. The summed E-state index contributed by atoms with van der Waals surface area (Å²) in [6.45, 7) is 1.25. The number of anilines is 2. The maximum atomic E-state index is 13.2. The van der Waals surface area contributed by atoms with Crippen LogP contribution in [0.3, 0.4) is 0 Å². The van der Waals surface area contributed by atoms with E-state index in [2.05, 4.69) is 22.3 Å². The van der Waals surface area contributed by atoms with Crippen molar-refractivity contribution in [2.45, 2.75) is 31.7 Å². The maximum Gasteiger partial charge on any atom is 0.244 e. The van der Waals surface area contributed by atoms with Crippen molar-refractivity contribution < 1.29 is 14.3 Å². The summed E-state index contributed by atoms with van der Waals surface area (Å²) in [7, 11) is 1.66. The molecule has 2 aromatic carbocycles. The highest BCUT2D eigenvalue weighted by molar-refractivity contribution is 6.10. The first-order valence-corrected chi connectivity index (χ1v) is 10.2. The molecule has 4 rings (SSSR count). The lowest BCUT2D eigenvalue weighted by Crippen LogP contribution is -2.47. The minimum absolute atomic E-state index is 0.0345. The number of hydrogen-bond acceptors (Lipinski definition) is 4. The molecule has 0 bridgehead atoms. The van der Waals surface area contributed by atoms with E-state index in [4.69, 9.17) is 4.74 Å². The third kappa shape index (κ3) is 4.27. The van der Waals surface area contributed by atoms with Gasteiger partial charge in [-0.05, 0) is 49.2 Å². The topological polar surface area (TPSA) is 61.9 Å². The molecule has 1 atom stereocenters. The summed E-state index contributed by atoms with van der Waals surface area (Å²) in [6.07, 6.45) is 4.43. The van der Waals surface area contributed by atoms with E-state index in [0.717, 1.165) is 37.2 Å². The zero-order chi connectivity index (χ0) is 20.2. The molecule has 6 nitrogen and oxygen atoms in total. The summed E-state index contributed by atoms with van der Waals surface area (Å²) in [5, 5.41) is 2.85. The van der Waals surface area contributed by atoms with E-state index in [0.29, 0.717) is 12.2 Å². The van der Waals surface area contributed by atoms with Crippen LogP contribution in [0.15, 0.2) is 48.5 Å². The van der Waals surface area contributed by atoms with Crippen LogP contribution in [0.25, 0.3) is 0 Å². The van der Waals surface area contributed by atoms with Gasteiger partial charge in [0.05, 0.1) is 25.0 Å². The number of amides is 2. The first kappa shape index (κ1) is 19.5. The van der Waals surface area contributed by atoms with Crippen molar-refractivity contribution in [3.63, 3.8) is 0 Å². The molecule has 2 amide bonds. The second-order valence-corrected chi connectivity index (χ2v) is 7.65. The molecule has 2 heterocycles. The number of carbonyl (C=O) groups excluding carboxylic acids is 2. The van der Waals surface area contributed by atoms with E-state index in [1.54, 1.807) is 12.0 Å². The minimum Gasteiger partial charge on any atom is -0.497 e. The Morgan fingerprint density at radius 1 is 1.10 bits per heavy atom. The zero-order valence-electron chi connectivity index (χ0n) is 16.8. The van der Waals surface area contributed by atoms with Gasteiger partial charge in [0.15, 0.2) is 0 Å². The highest BCUT2D eigenvalue weighted by Crippen LogP contribution is 2.33. The van der Waals surface area contributed by atoms with Gasteiger partial charge in [0, 0.05) is 6.04 Å². The molecule has 1 N–H and O–H groups in total. The molecule has 6 heteroatoms. The van der Waals surface area contributed by atoms with Gasteiger partial charge in [0.1, 0.15) is 12.3 Å². The molecule has 0 saturated carbocycles. The summed E-state index contributed by atoms with van der Waals surface area (Å²) < 4.78 is 5.28. The fourth-order valence-electron chi connectivity index (χ4n) is 4.28. The number of fused-ring (bicyclic) bond motifs is 1. The summed E-state index contributed by atoms with van der Waals surface area (Å²) in [5.74, 6) is 0.647. The van der Waals surface area contributed by atoms with Gasteiger partial charge in [-0.1, -0.05) is 37.1 Å². The number of nitrogens with zero attached hydrogens (tertiary/aromatic N) is 2. The highest BCUT2D eigenvalue weighted by Gasteiger charge is 2.30. The monoisotopic (exact) mass is 393 g/mol. The third-order valence-electron chi connectivity index (χ3n) is 5.77. The van der Waals surface area contributed by atoms with Gasteiger partial charge in [-0.2, -0.15) is 0 Å². The first-order valence-electron chi connectivity index (χ1n) is 10.2. The number of rotatable bonds is 4. The molecule has 0 unspecified atom stereocenters. The molecule has 0 spiro atoms. The van der Waals surface area contributed by atoms with Gasteiger partial charge in [-0.3, -0.25) is 19.4 Å². The van der Waals surface area contributed by atoms with Crippen LogP contribution in [-0.2, 0) is 9.59 Å². The van der Waals surface area contributed by atoms with Gasteiger partial charge >= 0.3 is 0 Å². The summed E-state index contributed by atoms with van der Waals surface area (Å²) in [6, 6.07) is 15.8. The summed E-state index contributed by atoms with van der Waals surface area (Å²) in [4.78, 5) is 29.2. The number of carbonyl (C=O) groups is 2. The molecule has 2 aliphatic heterocycles. The molecule has 2 aromatic rings. The average molecular weight is 393 g/mol. The van der Waals surface area contributed by atoms with Crippen LogP contribution >= 0.6 is 0 Å². The molecule has 0 aliphatic carbocycles. The van der Waals surface area contributed by atoms with Crippen LogP contribution in [0.5, 0.6) is 5.75 Å². The van der Waals surface area contributed by atoms with Crippen molar-refractivity contribution in [3.05, 3.63) is 54.1 Å². The summed E-state index contributed by atoms with van der Waals surface area (Å²) >= 11 is 0. The van der Waals surface area contributed by atoms with Crippen molar-refractivity contribution in [3.8, 4) is 5.75 Å². The smallest absolute Gasteiger partial charge is 0.244 e. The molecule has 0 aromatic heterocycles. The SMILES string of the molecule is COc1ccc([C@H]2CCCCCN2CC(=O)N2CC(=O)Nc3ccccc32)cc1. The summed E-state index contributed by atoms with van der Waals surface area (Å²) in [5.41, 5.74) is 2.67. The lowest BCUT2D eigenvalue weighted by molar-refractivity contribution is -0.123. The highest BCUT2D eigenvalue weighted by atomic mass is 16.5. The molecule has 0 radical (unpaired) electrons. The Morgan fingerprint density at radius 3 is 2.69 bits per heavy atom. The minimum atomic E-state index is -0.153. The van der Waals surface area contributed by atoms with Gasteiger partial charge in [-0.15, -0.1) is 0 Å². The molecule has 29 heavy (non-hydrogen) atoms. The number of methoxy groups -OCH3 is 1. The normalized spacial score (nSPS) is 19.8. The number of para-hydroxylation sites is 2. The molecule has 1 fully saturated rings. The van der Waals surface area contributed by atoms with E-state index in [9.17, 15) is 9.59 Å². The van der Waals surface area contributed by atoms with Gasteiger partial charge in [0.25, 0.3) is 0 Å². The number of hydrogen-bond donors (Lipinski definition) is 1. The lowest BCUT2D eigenvalue weighted by atomic mass is 10.0.